The number of amides is 2. The monoisotopic (exact) mass is 508 g/mol. The van der Waals surface area contributed by atoms with Crippen molar-refractivity contribution in [1.29, 1.82) is 0 Å². The summed E-state index contributed by atoms with van der Waals surface area (Å²) in [5, 5.41) is 2.82. The van der Waals surface area contributed by atoms with Crippen molar-refractivity contribution in [3.05, 3.63) is 67.4 Å². The van der Waals surface area contributed by atoms with E-state index in [2.05, 4.69) is 42.2 Å². The van der Waals surface area contributed by atoms with Crippen LogP contribution in [0, 0.1) is 0 Å². The van der Waals surface area contributed by atoms with Crippen LogP contribution < -0.4 is 10.1 Å². The third kappa shape index (κ3) is 5.54. The van der Waals surface area contributed by atoms with E-state index in [9.17, 15) is 9.59 Å². The molecule has 0 radical (unpaired) electrons. The summed E-state index contributed by atoms with van der Waals surface area (Å²) in [5.74, 6) is 0.0846. The topological polar surface area (TPSA) is 67.8 Å². The van der Waals surface area contributed by atoms with Crippen molar-refractivity contribution in [2.45, 2.75) is 13.5 Å². The Morgan fingerprint density at radius 2 is 1.96 bits per heavy atom. The summed E-state index contributed by atoms with van der Waals surface area (Å²) < 4.78 is 7.65. The van der Waals surface area contributed by atoms with E-state index in [1.807, 2.05) is 42.5 Å². The Hall–Kier alpha value is -1.90. The maximum Gasteiger partial charge on any atom is 0.286 e. The first-order valence-electron chi connectivity index (χ1n) is 7.87. The van der Waals surface area contributed by atoms with Gasteiger partial charge in [0.1, 0.15) is 12.4 Å². The number of ether oxygens (including phenoxy) is 1. The second-order valence-corrected chi connectivity index (χ2v) is 8.42. The highest BCUT2D eigenvalue weighted by Crippen LogP contribution is 2.31. The van der Waals surface area contributed by atoms with Crippen LogP contribution in [-0.4, -0.2) is 17.0 Å². The zero-order chi connectivity index (χ0) is 19.4. The molecule has 2 amide bonds. The second kappa shape index (κ2) is 8.86. The third-order valence-electron chi connectivity index (χ3n) is 3.46. The average Bonchev–Trinajstić information content (AvgIpc) is 2.94. The Kier molecular flexibility index (Phi) is 6.51. The van der Waals surface area contributed by atoms with Gasteiger partial charge in [-0.3, -0.25) is 9.59 Å². The van der Waals surface area contributed by atoms with Gasteiger partial charge in [0.25, 0.3) is 5.91 Å². The molecule has 0 saturated carbocycles. The Morgan fingerprint density at radius 1 is 1.22 bits per heavy atom. The fraction of sp³-hybridized carbons (Fsp3) is 0.105. The first-order chi connectivity index (χ1) is 12.9. The Bertz CT molecular complexity index is 956. The van der Waals surface area contributed by atoms with Crippen LogP contribution in [-0.2, 0) is 16.2 Å². The lowest BCUT2D eigenvalue weighted by atomic mass is 10.2. The van der Waals surface area contributed by atoms with Crippen molar-refractivity contribution in [3.8, 4) is 5.75 Å². The van der Waals surface area contributed by atoms with Crippen LogP contribution >= 0.6 is 43.6 Å². The highest BCUT2D eigenvalue weighted by molar-refractivity contribution is 9.10. The predicted molar refractivity (Wildman–Crippen MR) is 114 cm³/mol. The van der Waals surface area contributed by atoms with Gasteiger partial charge >= 0.3 is 0 Å². The van der Waals surface area contributed by atoms with Gasteiger partial charge in [0.05, 0.1) is 9.38 Å². The molecule has 0 fully saturated rings. The predicted octanol–water partition coefficient (Wildman–Crippen LogP) is 4.90. The number of thioether (sulfide) groups is 1. The highest BCUT2D eigenvalue weighted by Gasteiger charge is 2.22. The quantitative estimate of drug-likeness (QED) is 0.595. The van der Waals surface area contributed by atoms with Crippen LogP contribution in [0.3, 0.4) is 0 Å². The number of nitrogens with zero attached hydrogens (tertiary/aromatic N) is 1. The molecule has 3 rings (SSSR count). The van der Waals surface area contributed by atoms with E-state index in [1.165, 1.54) is 6.92 Å². The van der Waals surface area contributed by atoms with E-state index in [-0.39, 0.29) is 11.8 Å². The van der Waals surface area contributed by atoms with Crippen LogP contribution in [0.4, 0.5) is 0 Å². The molecule has 5 nitrogen and oxygen atoms in total. The van der Waals surface area contributed by atoms with Gasteiger partial charge in [-0.05, 0) is 69.2 Å². The SMILES string of the molecule is CC(=O)NC1=NC(=O)/C(=C/c2ccc(OCc3ccc(Br)cc3)c(Br)c2)S1. The van der Waals surface area contributed by atoms with E-state index in [4.69, 9.17) is 4.74 Å². The van der Waals surface area contributed by atoms with Gasteiger partial charge in [0.15, 0.2) is 5.17 Å². The van der Waals surface area contributed by atoms with Gasteiger partial charge in [-0.25, -0.2) is 0 Å². The second-order valence-electron chi connectivity index (χ2n) is 5.62. The number of amidine groups is 1. The molecule has 0 aromatic heterocycles. The lowest BCUT2D eigenvalue weighted by Crippen LogP contribution is -2.23. The Morgan fingerprint density at radius 3 is 2.63 bits per heavy atom. The largest absolute Gasteiger partial charge is 0.488 e. The van der Waals surface area contributed by atoms with Crippen molar-refractivity contribution in [1.82, 2.24) is 5.32 Å². The van der Waals surface area contributed by atoms with Crippen molar-refractivity contribution in [2.75, 3.05) is 0 Å². The zero-order valence-corrected chi connectivity index (χ0v) is 18.2. The standard InChI is InChI=1S/C19H14Br2N2O3S/c1-11(24)22-19-23-18(25)17(27-19)9-13-4-7-16(15(21)8-13)26-10-12-2-5-14(20)6-3-12/h2-9H,10H2,1H3,(H,22,23,24,25)/b17-9-. The number of halogens is 2. The number of hydrogen-bond donors (Lipinski definition) is 1. The van der Waals surface area contributed by atoms with Gasteiger partial charge in [0.2, 0.25) is 5.91 Å². The molecule has 1 N–H and O–H groups in total. The molecule has 8 heteroatoms. The van der Waals surface area contributed by atoms with Crippen LogP contribution in [0.2, 0.25) is 0 Å². The summed E-state index contributed by atoms with van der Waals surface area (Å²) >= 11 is 8.05. The van der Waals surface area contributed by atoms with Crippen LogP contribution in [0.15, 0.2) is 61.3 Å². The van der Waals surface area contributed by atoms with E-state index < -0.39 is 0 Å². The summed E-state index contributed by atoms with van der Waals surface area (Å²) in [6.07, 6.45) is 1.73. The molecule has 0 spiro atoms. The summed E-state index contributed by atoms with van der Waals surface area (Å²) in [4.78, 5) is 27.3. The van der Waals surface area contributed by atoms with Crippen LogP contribution in [0.25, 0.3) is 6.08 Å². The highest BCUT2D eigenvalue weighted by atomic mass is 79.9. The zero-order valence-electron chi connectivity index (χ0n) is 14.2. The summed E-state index contributed by atoms with van der Waals surface area (Å²) in [5.41, 5.74) is 1.89. The number of carbonyl (C=O) groups excluding carboxylic acids is 2. The Labute approximate surface area is 177 Å². The van der Waals surface area contributed by atoms with Crippen LogP contribution in [0.1, 0.15) is 18.1 Å². The summed E-state index contributed by atoms with van der Waals surface area (Å²) in [6, 6.07) is 13.5. The van der Waals surface area contributed by atoms with Crippen molar-refractivity contribution < 1.29 is 14.3 Å². The maximum atomic E-state index is 11.9. The third-order valence-corrected chi connectivity index (χ3v) is 5.51. The van der Waals surface area contributed by atoms with Gasteiger partial charge in [-0.2, -0.15) is 4.99 Å². The minimum absolute atomic E-state index is 0.259. The van der Waals surface area contributed by atoms with Crippen LogP contribution in [0.5, 0.6) is 5.75 Å². The first kappa shape index (κ1) is 19.9. The molecule has 2 aromatic carbocycles. The lowest BCUT2D eigenvalue weighted by Gasteiger charge is -2.09. The fourth-order valence-corrected chi connectivity index (χ4v) is 3.87. The van der Waals surface area contributed by atoms with Crippen molar-refractivity contribution >= 4 is 66.7 Å². The fourth-order valence-electron chi connectivity index (χ4n) is 2.23. The number of hydrogen-bond acceptors (Lipinski definition) is 4. The summed E-state index contributed by atoms with van der Waals surface area (Å²) in [6.45, 7) is 1.83. The van der Waals surface area contributed by atoms with Crippen molar-refractivity contribution in [2.24, 2.45) is 4.99 Å². The minimum atomic E-state index is -0.365. The molecule has 1 aliphatic rings. The normalized spacial score (nSPS) is 15.0. The van der Waals surface area contributed by atoms with Gasteiger partial charge in [0, 0.05) is 11.4 Å². The van der Waals surface area contributed by atoms with E-state index in [0.29, 0.717) is 22.4 Å². The number of benzene rings is 2. The molecule has 27 heavy (non-hydrogen) atoms. The van der Waals surface area contributed by atoms with E-state index >= 15 is 0 Å². The van der Waals surface area contributed by atoms with Crippen molar-refractivity contribution in [3.63, 3.8) is 0 Å². The number of carbonyl (C=O) groups is 2. The van der Waals surface area contributed by atoms with E-state index in [0.717, 1.165) is 31.8 Å². The molecular weight excluding hydrogens is 496 g/mol. The lowest BCUT2D eigenvalue weighted by molar-refractivity contribution is -0.117. The number of rotatable bonds is 4. The molecular formula is C19H14Br2N2O3S. The smallest absolute Gasteiger partial charge is 0.286 e. The molecule has 0 saturated heterocycles. The molecule has 2 aromatic rings. The number of aliphatic imine (C=N–C) groups is 1. The number of nitrogens with one attached hydrogen (secondary N) is 1. The van der Waals surface area contributed by atoms with Gasteiger partial charge in [-0.15, -0.1) is 0 Å². The van der Waals surface area contributed by atoms with E-state index in [1.54, 1.807) is 6.08 Å². The van der Waals surface area contributed by atoms with Gasteiger partial charge < -0.3 is 10.1 Å². The minimum Gasteiger partial charge on any atom is -0.488 e. The molecule has 0 bridgehead atoms. The summed E-state index contributed by atoms with van der Waals surface area (Å²) in [7, 11) is 0. The first-order valence-corrected chi connectivity index (χ1v) is 10.3. The Balaban J connectivity index is 1.67. The molecule has 0 atom stereocenters. The molecule has 138 valence electrons. The maximum absolute atomic E-state index is 11.9. The molecule has 1 aliphatic heterocycles. The molecule has 0 unspecified atom stereocenters. The van der Waals surface area contributed by atoms with Gasteiger partial charge in [-0.1, -0.05) is 34.1 Å². The molecule has 0 aliphatic carbocycles. The molecule has 1 heterocycles. The average molecular weight is 510 g/mol.